The molecule has 1 aromatic heterocycles. The molecule has 0 radical (unpaired) electrons. The first-order valence-electron chi connectivity index (χ1n) is 5.07. The molecule has 1 heterocycles. The molecule has 0 bridgehead atoms. The zero-order chi connectivity index (χ0) is 14.3. The third-order valence-corrected chi connectivity index (χ3v) is 2.51. The summed E-state index contributed by atoms with van der Waals surface area (Å²) >= 11 is 0. The maximum atomic E-state index is 12.9. The van der Waals surface area contributed by atoms with Gasteiger partial charge in [0.1, 0.15) is 0 Å². The molecule has 2 nitrogen and oxygen atoms in total. The second kappa shape index (κ2) is 4.25. The van der Waals surface area contributed by atoms with E-state index in [0.717, 1.165) is 12.1 Å². The monoisotopic (exact) mass is 275 g/mol. The summed E-state index contributed by atoms with van der Waals surface area (Å²) < 4.78 is 62.1. The normalized spacial score (nSPS) is 12.7. The summed E-state index contributed by atoms with van der Waals surface area (Å²) in [5.74, 6) is -7.69. The summed E-state index contributed by atoms with van der Waals surface area (Å²) in [6, 6.07) is 6.28. The zero-order valence-electron chi connectivity index (χ0n) is 9.21. The van der Waals surface area contributed by atoms with Gasteiger partial charge in [0.2, 0.25) is 5.78 Å². The molecule has 0 amide bonds. The van der Waals surface area contributed by atoms with Crippen LogP contribution in [0.25, 0.3) is 10.9 Å². The summed E-state index contributed by atoms with van der Waals surface area (Å²) in [5, 5.41) is 0.536. The van der Waals surface area contributed by atoms with Crippen LogP contribution in [0.3, 0.4) is 0 Å². The van der Waals surface area contributed by atoms with Gasteiger partial charge in [-0.2, -0.15) is 22.0 Å². The fourth-order valence-corrected chi connectivity index (χ4v) is 1.52. The van der Waals surface area contributed by atoms with Crippen molar-refractivity contribution in [1.29, 1.82) is 0 Å². The number of aromatic nitrogens is 1. The van der Waals surface area contributed by atoms with Gasteiger partial charge in [0.05, 0.1) is 5.52 Å². The van der Waals surface area contributed by atoms with Crippen LogP contribution in [0.15, 0.2) is 36.5 Å². The quantitative estimate of drug-likeness (QED) is 0.619. The lowest BCUT2D eigenvalue weighted by Gasteiger charge is -2.18. The van der Waals surface area contributed by atoms with Crippen LogP contribution < -0.4 is 0 Å². The van der Waals surface area contributed by atoms with Crippen molar-refractivity contribution in [3.05, 3.63) is 42.1 Å². The highest BCUT2D eigenvalue weighted by molar-refractivity contribution is 6.04. The molecule has 0 saturated carbocycles. The number of carbonyl (C=O) groups is 1. The van der Waals surface area contributed by atoms with Crippen molar-refractivity contribution >= 4 is 16.7 Å². The first-order chi connectivity index (χ1) is 8.73. The van der Waals surface area contributed by atoms with Crippen molar-refractivity contribution in [2.75, 3.05) is 0 Å². The van der Waals surface area contributed by atoms with E-state index >= 15 is 0 Å². The van der Waals surface area contributed by atoms with Gasteiger partial charge in [-0.1, -0.05) is 18.2 Å². The second-order valence-corrected chi connectivity index (χ2v) is 3.81. The largest absolute Gasteiger partial charge is 0.461 e. The Morgan fingerprint density at radius 3 is 2.37 bits per heavy atom. The van der Waals surface area contributed by atoms with Crippen LogP contribution in [0, 0.1) is 0 Å². The molecule has 0 atom stereocenters. The van der Waals surface area contributed by atoms with Crippen LogP contribution in [0.2, 0.25) is 0 Å². The number of pyridine rings is 1. The number of carbonyl (C=O) groups excluding carboxylic acids is 1. The Labute approximate surface area is 103 Å². The molecule has 0 spiro atoms. The molecule has 100 valence electrons. The molecule has 1 aromatic carbocycles. The maximum Gasteiger partial charge on any atom is 0.461 e. The number of fused-ring (bicyclic) bond motifs is 1. The highest BCUT2D eigenvalue weighted by Gasteiger charge is 2.63. The minimum absolute atomic E-state index is 0.173. The number of nitrogens with zero attached hydrogens (tertiary/aromatic N) is 1. The molecular formula is C12H6F5NO. The fraction of sp³-hybridized carbons (Fsp3) is 0.167. The van der Waals surface area contributed by atoms with Gasteiger partial charge in [-0.05, 0) is 12.1 Å². The maximum absolute atomic E-state index is 12.9. The standard InChI is InChI=1S/C12H6F5NO/c13-11(14,12(15,16)17)10(19)8-4-3-7-2-1-5-18-9(7)6-8/h1-6H. The number of alkyl halides is 5. The van der Waals surface area contributed by atoms with Crippen molar-refractivity contribution in [3.63, 3.8) is 0 Å². The average Bonchev–Trinajstić information content (AvgIpc) is 2.36. The SMILES string of the molecule is O=C(c1ccc2cccnc2c1)C(F)(F)C(F)(F)F. The Bertz CT molecular complexity index is 635. The van der Waals surface area contributed by atoms with Crippen molar-refractivity contribution < 1.29 is 26.7 Å². The predicted octanol–water partition coefficient (Wildman–Crippen LogP) is 3.62. The average molecular weight is 275 g/mol. The Morgan fingerprint density at radius 1 is 1.05 bits per heavy atom. The minimum atomic E-state index is -5.91. The fourth-order valence-electron chi connectivity index (χ4n) is 1.52. The van der Waals surface area contributed by atoms with Gasteiger partial charge >= 0.3 is 12.1 Å². The van der Waals surface area contributed by atoms with E-state index in [2.05, 4.69) is 4.98 Å². The third kappa shape index (κ3) is 2.27. The molecule has 2 rings (SSSR count). The smallest absolute Gasteiger partial charge is 0.287 e. The molecule has 0 saturated heterocycles. The van der Waals surface area contributed by atoms with Crippen LogP contribution in [-0.2, 0) is 0 Å². The van der Waals surface area contributed by atoms with Gasteiger partial charge in [0, 0.05) is 17.1 Å². The summed E-state index contributed by atoms with van der Waals surface area (Å²) in [5.41, 5.74) is -0.556. The Morgan fingerprint density at radius 2 is 1.74 bits per heavy atom. The molecule has 0 aliphatic rings. The van der Waals surface area contributed by atoms with Crippen LogP contribution >= 0.6 is 0 Å². The molecule has 19 heavy (non-hydrogen) atoms. The van der Waals surface area contributed by atoms with E-state index in [1.165, 1.54) is 12.3 Å². The molecule has 0 aliphatic heterocycles. The number of benzene rings is 1. The lowest BCUT2D eigenvalue weighted by Crippen LogP contribution is -2.44. The third-order valence-electron chi connectivity index (χ3n) is 2.51. The van der Waals surface area contributed by atoms with Gasteiger partial charge in [-0.25, -0.2) is 0 Å². The summed E-state index contributed by atoms with van der Waals surface area (Å²) in [6.07, 6.45) is -4.57. The number of hydrogen-bond donors (Lipinski definition) is 0. The zero-order valence-corrected chi connectivity index (χ0v) is 9.21. The van der Waals surface area contributed by atoms with E-state index in [0.29, 0.717) is 5.39 Å². The first-order valence-corrected chi connectivity index (χ1v) is 5.07. The van der Waals surface area contributed by atoms with Gasteiger partial charge in [-0.15, -0.1) is 0 Å². The molecule has 0 N–H and O–H groups in total. The molecular weight excluding hydrogens is 269 g/mol. The van der Waals surface area contributed by atoms with Crippen LogP contribution in [0.1, 0.15) is 10.4 Å². The highest BCUT2D eigenvalue weighted by Crippen LogP contribution is 2.38. The molecule has 2 aromatic rings. The molecule has 0 unspecified atom stereocenters. The van der Waals surface area contributed by atoms with Gasteiger partial charge in [0.15, 0.2) is 0 Å². The topological polar surface area (TPSA) is 30.0 Å². The lowest BCUT2D eigenvalue weighted by molar-refractivity contribution is -0.255. The van der Waals surface area contributed by atoms with Gasteiger partial charge in [-0.3, -0.25) is 9.78 Å². The van der Waals surface area contributed by atoms with E-state index in [-0.39, 0.29) is 5.52 Å². The van der Waals surface area contributed by atoms with Gasteiger partial charge in [0.25, 0.3) is 0 Å². The van der Waals surface area contributed by atoms with Crippen molar-refractivity contribution in [1.82, 2.24) is 4.98 Å². The van der Waals surface area contributed by atoms with E-state index < -0.39 is 23.4 Å². The van der Waals surface area contributed by atoms with Gasteiger partial charge < -0.3 is 0 Å². The number of hydrogen-bond acceptors (Lipinski definition) is 2. The summed E-state index contributed by atoms with van der Waals surface area (Å²) in [4.78, 5) is 15.0. The molecule has 0 aliphatic carbocycles. The van der Waals surface area contributed by atoms with E-state index in [4.69, 9.17) is 0 Å². The number of halogens is 5. The minimum Gasteiger partial charge on any atom is -0.287 e. The first kappa shape index (κ1) is 13.4. The van der Waals surface area contributed by atoms with E-state index in [1.807, 2.05) is 0 Å². The summed E-state index contributed by atoms with van der Waals surface area (Å²) in [6.45, 7) is 0. The Kier molecular flexibility index (Phi) is 3.00. The predicted molar refractivity (Wildman–Crippen MR) is 57.1 cm³/mol. The number of Topliss-reactive ketones (excluding diaryl/α,β-unsaturated/α-hetero) is 1. The van der Waals surface area contributed by atoms with Crippen molar-refractivity contribution in [3.8, 4) is 0 Å². The van der Waals surface area contributed by atoms with Crippen LogP contribution in [-0.4, -0.2) is 22.9 Å². The lowest BCUT2D eigenvalue weighted by atomic mass is 10.0. The van der Waals surface area contributed by atoms with Crippen LogP contribution in [0.5, 0.6) is 0 Å². The Balaban J connectivity index is 2.48. The van der Waals surface area contributed by atoms with Crippen molar-refractivity contribution in [2.24, 2.45) is 0 Å². The number of rotatable bonds is 2. The molecule has 0 fully saturated rings. The number of ketones is 1. The second-order valence-electron chi connectivity index (χ2n) is 3.81. The van der Waals surface area contributed by atoms with Crippen LogP contribution in [0.4, 0.5) is 22.0 Å². The molecule has 7 heteroatoms. The highest BCUT2D eigenvalue weighted by atomic mass is 19.4. The Hall–Kier alpha value is -2.05. The summed E-state index contributed by atoms with van der Waals surface area (Å²) in [7, 11) is 0. The van der Waals surface area contributed by atoms with Crippen molar-refractivity contribution in [2.45, 2.75) is 12.1 Å². The van der Waals surface area contributed by atoms with E-state index in [1.54, 1.807) is 12.1 Å². The van der Waals surface area contributed by atoms with E-state index in [9.17, 15) is 26.7 Å².